The zero-order chi connectivity index (χ0) is 26.2. The van der Waals surface area contributed by atoms with Crippen molar-refractivity contribution < 1.29 is 18.0 Å². The van der Waals surface area contributed by atoms with Crippen LogP contribution in [0.3, 0.4) is 0 Å². The van der Waals surface area contributed by atoms with Gasteiger partial charge in [-0.3, -0.25) is 13.9 Å². The summed E-state index contributed by atoms with van der Waals surface area (Å²) in [6.45, 7) is 7.80. The number of nitrogens with one attached hydrogen (secondary N) is 1. The molecule has 1 atom stereocenters. The number of carbonyl (C=O) groups is 2. The molecule has 0 heterocycles. The fourth-order valence-corrected chi connectivity index (χ4v) is 4.99. The first-order valence-electron chi connectivity index (χ1n) is 11.8. The highest BCUT2D eigenvalue weighted by Gasteiger charge is 2.27. The lowest BCUT2D eigenvalue weighted by Crippen LogP contribution is -2.50. The van der Waals surface area contributed by atoms with Crippen LogP contribution in [0.2, 0.25) is 5.02 Å². The van der Waals surface area contributed by atoms with Crippen LogP contribution in [0.4, 0.5) is 5.69 Å². The molecule has 192 valence electrons. The summed E-state index contributed by atoms with van der Waals surface area (Å²) in [5.74, 6) is -0.405. The van der Waals surface area contributed by atoms with E-state index in [0.29, 0.717) is 30.1 Å². The van der Waals surface area contributed by atoms with Crippen molar-refractivity contribution in [1.29, 1.82) is 0 Å². The third kappa shape index (κ3) is 8.85. The predicted molar refractivity (Wildman–Crippen MR) is 142 cm³/mol. The standard InChI is InChI=1S/C26H36ClN3O4S/c1-19(2)28-26(32)21(4)29(17-15-22-10-7-6-8-11-22)25(31)12-9-16-30(35(5,33)34)24-18-23(27)14-13-20(24)3/h6-8,10-11,13-14,18-19,21H,9,12,15-17H2,1-5H3,(H,28,32)/t21-/m0/s1. The van der Waals surface area contributed by atoms with Gasteiger partial charge in [0.1, 0.15) is 6.04 Å². The lowest BCUT2D eigenvalue weighted by molar-refractivity contribution is -0.140. The Balaban J connectivity index is 2.14. The highest BCUT2D eigenvalue weighted by atomic mass is 35.5. The minimum atomic E-state index is -3.58. The number of sulfonamides is 1. The number of rotatable bonds is 12. The van der Waals surface area contributed by atoms with Gasteiger partial charge in [0.2, 0.25) is 21.8 Å². The zero-order valence-electron chi connectivity index (χ0n) is 21.1. The van der Waals surface area contributed by atoms with Crippen LogP contribution in [0, 0.1) is 6.92 Å². The monoisotopic (exact) mass is 521 g/mol. The van der Waals surface area contributed by atoms with Crippen LogP contribution in [-0.4, -0.2) is 56.6 Å². The molecule has 0 radical (unpaired) electrons. The molecule has 0 unspecified atom stereocenters. The van der Waals surface area contributed by atoms with Gasteiger partial charge in [-0.25, -0.2) is 8.42 Å². The lowest BCUT2D eigenvalue weighted by atomic mass is 10.1. The first kappa shape index (κ1) is 28.7. The number of amides is 2. The molecule has 2 rings (SSSR count). The molecule has 0 aromatic heterocycles. The van der Waals surface area contributed by atoms with Crippen molar-refractivity contribution in [3.05, 3.63) is 64.7 Å². The van der Waals surface area contributed by atoms with Crippen molar-refractivity contribution in [3.63, 3.8) is 0 Å². The molecule has 0 fully saturated rings. The largest absolute Gasteiger partial charge is 0.352 e. The van der Waals surface area contributed by atoms with Crippen LogP contribution >= 0.6 is 11.6 Å². The maximum Gasteiger partial charge on any atom is 0.242 e. The molecule has 1 N–H and O–H groups in total. The van der Waals surface area contributed by atoms with Crippen molar-refractivity contribution in [2.24, 2.45) is 0 Å². The summed E-state index contributed by atoms with van der Waals surface area (Å²) in [6, 6.07) is 14.2. The summed E-state index contributed by atoms with van der Waals surface area (Å²) in [5.41, 5.74) is 2.34. The van der Waals surface area contributed by atoms with Crippen LogP contribution in [-0.2, 0) is 26.0 Å². The first-order valence-corrected chi connectivity index (χ1v) is 14.0. The molecule has 0 spiro atoms. The van der Waals surface area contributed by atoms with E-state index in [0.717, 1.165) is 17.4 Å². The van der Waals surface area contributed by atoms with Crippen LogP contribution < -0.4 is 9.62 Å². The van der Waals surface area contributed by atoms with E-state index in [-0.39, 0.29) is 30.8 Å². The molecular formula is C26H36ClN3O4S. The van der Waals surface area contributed by atoms with Crippen molar-refractivity contribution in [2.75, 3.05) is 23.7 Å². The topological polar surface area (TPSA) is 86.8 Å². The molecule has 2 amide bonds. The molecule has 7 nitrogen and oxygen atoms in total. The van der Waals surface area contributed by atoms with Gasteiger partial charge in [0.05, 0.1) is 11.9 Å². The van der Waals surface area contributed by atoms with Crippen molar-refractivity contribution in [1.82, 2.24) is 10.2 Å². The number of halogens is 1. The van der Waals surface area contributed by atoms with Gasteiger partial charge in [-0.15, -0.1) is 0 Å². The van der Waals surface area contributed by atoms with Crippen molar-refractivity contribution in [2.45, 2.75) is 59.0 Å². The third-order valence-electron chi connectivity index (χ3n) is 5.67. The second-order valence-corrected chi connectivity index (χ2v) is 11.4. The molecule has 0 bridgehead atoms. The minimum Gasteiger partial charge on any atom is -0.352 e. The van der Waals surface area contributed by atoms with Crippen molar-refractivity contribution in [3.8, 4) is 0 Å². The highest BCUT2D eigenvalue weighted by molar-refractivity contribution is 7.92. The number of benzene rings is 2. The first-order chi connectivity index (χ1) is 16.4. The molecule has 0 aliphatic carbocycles. The summed E-state index contributed by atoms with van der Waals surface area (Å²) in [5, 5.41) is 3.31. The molecule has 0 aliphatic heterocycles. The molecule has 0 aliphatic rings. The number of nitrogens with zero attached hydrogens (tertiary/aromatic N) is 2. The summed E-state index contributed by atoms with van der Waals surface area (Å²) in [6.07, 6.45) is 2.17. The fourth-order valence-electron chi connectivity index (χ4n) is 3.81. The SMILES string of the molecule is Cc1ccc(Cl)cc1N(CCCC(=O)N(CCc1ccccc1)[C@@H](C)C(=O)NC(C)C)S(C)(=O)=O. The van der Waals surface area contributed by atoms with Gasteiger partial charge in [0.15, 0.2) is 0 Å². The average molecular weight is 522 g/mol. The van der Waals surface area contributed by atoms with E-state index in [1.165, 1.54) is 4.31 Å². The van der Waals surface area contributed by atoms with Gasteiger partial charge in [0, 0.05) is 30.6 Å². The maximum atomic E-state index is 13.2. The number of anilines is 1. The molecule has 2 aromatic carbocycles. The van der Waals surface area contributed by atoms with Crippen LogP contribution in [0.15, 0.2) is 48.5 Å². The van der Waals surface area contributed by atoms with E-state index >= 15 is 0 Å². The Labute approximate surface area is 214 Å². The van der Waals surface area contributed by atoms with Gasteiger partial charge in [0.25, 0.3) is 0 Å². The Morgan fingerprint density at radius 2 is 1.69 bits per heavy atom. The number of carbonyl (C=O) groups excluding carboxylic acids is 2. The van der Waals surface area contributed by atoms with Crippen LogP contribution in [0.1, 0.15) is 44.7 Å². The maximum absolute atomic E-state index is 13.2. The normalized spacial score (nSPS) is 12.3. The van der Waals surface area contributed by atoms with E-state index in [1.54, 1.807) is 30.0 Å². The molecule has 35 heavy (non-hydrogen) atoms. The second-order valence-electron chi connectivity index (χ2n) is 9.03. The molecular weight excluding hydrogens is 486 g/mol. The number of hydrogen-bond donors (Lipinski definition) is 1. The van der Waals surface area contributed by atoms with Gasteiger partial charge >= 0.3 is 0 Å². The summed E-state index contributed by atoms with van der Waals surface area (Å²) >= 11 is 6.10. The molecule has 0 saturated carbocycles. The quantitative estimate of drug-likeness (QED) is 0.454. The van der Waals surface area contributed by atoms with E-state index in [1.807, 2.05) is 51.1 Å². The predicted octanol–water partition coefficient (Wildman–Crippen LogP) is 4.18. The van der Waals surface area contributed by atoms with Gasteiger partial charge in [-0.1, -0.05) is 48.0 Å². The van der Waals surface area contributed by atoms with Crippen molar-refractivity contribution >= 4 is 39.1 Å². The Kier molecular flexibility index (Phi) is 10.6. The Bertz CT molecular complexity index is 1110. The smallest absolute Gasteiger partial charge is 0.242 e. The Morgan fingerprint density at radius 1 is 1.03 bits per heavy atom. The van der Waals surface area contributed by atoms with Crippen LogP contribution in [0.5, 0.6) is 0 Å². The lowest BCUT2D eigenvalue weighted by Gasteiger charge is -2.30. The van der Waals surface area contributed by atoms with Crippen LogP contribution in [0.25, 0.3) is 0 Å². The van der Waals surface area contributed by atoms with E-state index in [4.69, 9.17) is 11.6 Å². The zero-order valence-corrected chi connectivity index (χ0v) is 22.7. The average Bonchev–Trinajstić information content (AvgIpc) is 2.78. The third-order valence-corrected chi connectivity index (χ3v) is 7.09. The summed E-state index contributed by atoms with van der Waals surface area (Å²) in [7, 11) is -3.58. The van der Waals surface area contributed by atoms with E-state index < -0.39 is 16.1 Å². The number of aryl methyl sites for hydroxylation is 1. The van der Waals surface area contributed by atoms with E-state index in [9.17, 15) is 18.0 Å². The van der Waals surface area contributed by atoms with E-state index in [2.05, 4.69) is 5.32 Å². The minimum absolute atomic E-state index is 0.0414. The Morgan fingerprint density at radius 3 is 2.29 bits per heavy atom. The Hall–Kier alpha value is -2.58. The van der Waals surface area contributed by atoms with Gasteiger partial charge in [-0.05, 0) is 63.8 Å². The number of hydrogen-bond acceptors (Lipinski definition) is 4. The van der Waals surface area contributed by atoms with Gasteiger partial charge in [-0.2, -0.15) is 0 Å². The molecule has 9 heteroatoms. The van der Waals surface area contributed by atoms with Gasteiger partial charge < -0.3 is 10.2 Å². The highest BCUT2D eigenvalue weighted by Crippen LogP contribution is 2.26. The summed E-state index contributed by atoms with van der Waals surface area (Å²) < 4.78 is 26.3. The molecule has 2 aromatic rings. The fraction of sp³-hybridized carbons (Fsp3) is 0.462. The summed E-state index contributed by atoms with van der Waals surface area (Å²) in [4.78, 5) is 27.5. The second kappa shape index (κ2) is 12.9. The molecule has 0 saturated heterocycles.